The van der Waals surface area contributed by atoms with Crippen LogP contribution in [0.3, 0.4) is 0 Å². The van der Waals surface area contributed by atoms with Crippen LogP contribution < -0.4 is 0 Å². The summed E-state index contributed by atoms with van der Waals surface area (Å²) in [6, 6.07) is 0. The lowest BCUT2D eigenvalue weighted by Gasteiger charge is -2.65. The minimum Gasteiger partial charge on any atom is -0.0882 e. The van der Waals surface area contributed by atoms with Crippen LogP contribution in [0.15, 0.2) is 12.2 Å². The highest BCUT2D eigenvalue weighted by Crippen LogP contribution is 2.72. The van der Waals surface area contributed by atoms with Crippen molar-refractivity contribution in [3.63, 3.8) is 0 Å². The zero-order chi connectivity index (χ0) is 19.8. The number of hydrogen-bond donors (Lipinski definition) is 0. The van der Waals surface area contributed by atoms with E-state index in [1.807, 2.05) is 0 Å². The summed E-state index contributed by atoms with van der Waals surface area (Å²) >= 11 is 0. The molecule has 28 heavy (non-hydrogen) atoms. The van der Waals surface area contributed by atoms with Crippen molar-refractivity contribution in [2.45, 2.75) is 124 Å². The van der Waals surface area contributed by atoms with Crippen molar-refractivity contribution < 1.29 is 0 Å². The number of unbranched alkanes of at least 4 members (excludes halogenated alkanes) is 5. The lowest BCUT2D eigenvalue weighted by molar-refractivity contribution is -0.150. The van der Waals surface area contributed by atoms with Crippen molar-refractivity contribution in [3.05, 3.63) is 12.2 Å². The van der Waals surface area contributed by atoms with Crippen molar-refractivity contribution in [1.82, 2.24) is 0 Å². The van der Waals surface area contributed by atoms with Gasteiger partial charge in [0.15, 0.2) is 0 Å². The molecule has 7 atom stereocenters. The molecule has 160 valence electrons. The predicted molar refractivity (Wildman–Crippen MR) is 122 cm³/mol. The number of fused-ring (bicyclic) bond motifs is 5. The van der Waals surface area contributed by atoms with E-state index in [2.05, 4.69) is 39.8 Å². The monoisotopic (exact) mass is 384 g/mol. The van der Waals surface area contributed by atoms with Crippen LogP contribution in [0.1, 0.15) is 124 Å². The van der Waals surface area contributed by atoms with Gasteiger partial charge in [-0.15, -0.1) is 0 Å². The van der Waals surface area contributed by atoms with Gasteiger partial charge in [-0.1, -0.05) is 78.4 Å². The van der Waals surface area contributed by atoms with Gasteiger partial charge in [0.05, 0.1) is 0 Å². The Morgan fingerprint density at radius 2 is 1.43 bits per heavy atom. The van der Waals surface area contributed by atoms with E-state index in [9.17, 15) is 0 Å². The predicted octanol–water partition coefficient (Wildman–Crippen LogP) is 8.95. The highest BCUT2D eigenvalue weighted by molar-refractivity contribution is 5.16. The van der Waals surface area contributed by atoms with Crippen LogP contribution in [0, 0.1) is 39.9 Å². The zero-order valence-corrected chi connectivity index (χ0v) is 19.6. The molecule has 0 amide bonds. The third-order valence-electron chi connectivity index (χ3n) is 10.9. The first-order valence-corrected chi connectivity index (χ1v) is 13.1. The Balaban J connectivity index is 1.43. The van der Waals surface area contributed by atoms with Gasteiger partial charge in [0.25, 0.3) is 0 Å². The van der Waals surface area contributed by atoms with Gasteiger partial charge in [0.1, 0.15) is 0 Å². The summed E-state index contributed by atoms with van der Waals surface area (Å²) in [5, 5.41) is 0. The molecular weight excluding hydrogens is 336 g/mol. The largest absolute Gasteiger partial charge is 0.0882 e. The summed E-state index contributed by atoms with van der Waals surface area (Å²) in [5.74, 6) is 3.89. The molecule has 0 aromatic rings. The fourth-order valence-electron chi connectivity index (χ4n) is 9.26. The van der Waals surface area contributed by atoms with Gasteiger partial charge in [-0.25, -0.2) is 0 Å². The van der Waals surface area contributed by atoms with Crippen molar-refractivity contribution >= 4 is 0 Å². The van der Waals surface area contributed by atoms with E-state index in [0.717, 1.165) is 23.7 Å². The normalized spacial score (nSPS) is 47.4. The Kier molecular flexibility index (Phi) is 6.08. The third-order valence-corrected chi connectivity index (χ3v) is 10.9. The minimum absolute atomic E-state index is 0.598. The highest BCUT2D eigenvalue weighted by atomic mass is 14.7. The molecular formula is C28H48. The second-order valence-corrected chi connectivity index (χ2v) is 12.1. The second kappa shape index (κ2) is 8.11. The van der Waals surface area contributed by atoms with E-state index < -0.39 is 0 Å². The maximum atomic E-state index is 2.76. The van der Waals surface area contributed by atoms with Crippen molar-refractivity contribution in [2.24, 2.45) is 39.9 Å². The molecule has 0 heterocycles. The molecule has 0 spiro atoms. The first kappa shape index (κ1) is 21.0. The second-order valence-electron chi connectivity index (χ2n) is 12.1. The van der Waals surface area contributed by atoms with Crippen LogP contribution in [-0.4, -0.2) is 0 Å². The van der Waals surface area contributed by atoms with E-state index in [1.165, 1.54) is 83.5 Å². The fraction of sp³-hybridized carbons (Fsp3) is 0.929. The Morgan fingerprint density at radius 3 is 2.25 bits per heavy atom. The minimum atomic E-state index is 0.598. The average Bonchev–Trinajstić information content (AvgIpc) is 3.01. The molecule has 0 nitrogen and oxygen atoms in total. The van der Waals surface area contributed by atoms with Gasteiger partial charge in [-0.05, 0) is 97.7 Å². The zero-order valence-electron chi connectivity index (χ0n) is 19.6. The maximum absolute atomic E-state index is 2.76. The molecule has 3 saturated carbocycles. The summed E-state index contributed by atoms with van der Waals surface area (Å²) in [7, 11) is 0. The summed E-state index contributed by atoms with van der Waals surface area (Å²) in [6.07, 6.45) is 27.3. The van der Waals surface area contributed by atoms with E-state index in [0.29, 0.717) is 16.2 Å². The summed E-state index contributed by atoms with van der Waals surface area (Å²) in [4.78, 5) is 0. The van der Waals surface area contributed by atoms with E-state index >= 15 is 0 Å². The summed E-state index contributed by atoms with van der Waals surface area (Å²) in [5.41, 5.74) is 1.88. The van der Waals surface area contributed by atoms with Crippen LogP contribution in [0.25, 0.3) is 0 Å². The lowest BCUT2D eigenvalue weighted by atomic mass is 9.40. The summed E-state index contributed by atoms with van der Waals surface area (Å²) in [6.45, 7) is 10.5. The quantitative estimate of drug-likeness (QED) is 0.303. The number of allylic oxidation sites excluding steroid dienone is 2. The molecule has 0 saturated heterocycles. The first-order chi connectivity index (χ1) is 13.4. The molecule has 4 aliphatic rings. The van der Waals surface area contributed by atoms with Crippen LogP contribution in [-0.2, 0) is 0 Å². The van der Waals surface area contributed by atoms with E-state index in [4.69, 9.17) is 0 Å². The Labute approximate surface area is 176 Å². The Hall–Kier alpha value is -0.260. The molecule has 4 rings (SSSR count). The van der Waals surface area contributed by atoms with Gasteiger partial charge in [0.2, 0.25) is 0 Å². The van der Waals surface area contributed by atoms with Crippen LogP contribution in [0.5, 0.6) is 0 Å². The van der Waals surface area contributed by atoms with Crippen molar-refractivity contribution in [3.8, 4) is 0 Å². The van der Waals surface area contributed by atoms with Gasteiger partial charge >= 0.3 is 0 Å². The topological polar surface area (TPSA) is 0 Å². The van der Waals surface area contributed by atoms with Gasteiger partial charge in [-0.3, -0.25) is 0 Å². The smallest absolute Gasteiger partial charge is 0.0176 e. The molecule has 0 unspecified atom stereocenters. The molecule has 3 fully saturated rings. The van der Waals surface area contributed by atoms with Gasteiger partial charge < -0.3 is 0 Å². The Bertz CT molecular complexity index is 560. The van der Waals surface area contributed by atoms with Crippen LogP contribution in [0.4, 0.5) is 0 Å². The average molecular weight is 385 g/mol. The SMILES string of the molecule is CCCCCCCC[C@H]1CC[C@H]2[C@]3(C)CC[C@H]4C=CCC[C@]4(C)[C@H]3CC[C@]12C. The Morgan fingerprint density at radius 1 is 0.714 bits per heavy atom. The van der Waals surface area contributed by atoms with Gasteiger partial charge in [0, 0.05) is 0 Å². The molecule has 0 aromatic heterocycles. The molecule has 0 radical (unpaired) electrons. The van der Waals surface area contributed by atoms with Crippen molar-refractivity contribution in [1.29, 1.82) is 0 Å². The number of rotatable bonds is 7. The molecule has 4 aliphatic carbocycles. The lowest BCUT2D eigenvalue weighted by Crippen LogP contribution is -2.57. The number of hydrogen-bond acceptors (Lipinski definition) is 0. The van der Waals surface area contributed by atoms with E-state index in [1.54, 1.807) is 12.8 Å². The maximum Gasteiger partial charge on any atom is -0.0176 e. The third kappa shape index (κ3) is 3.33. The summed E-state index contributed by atoms with van der Waals surface area (Å²) < 4.78 is 0. The molecule has 0 aromatic carbocycles. The molecule has 0 bridgehead atoms. The van der Waals surface area contributed by atoms with Crippen LogP contribution >= 0.6 is 0 Å². The van der Waals surface area contributed by atoms with Gasteiger partial charge in [-0.2, -0.15) is 0 Å². The fourth-order valence-corrected chi connectivity index (χ4v) is 9.26. The van der Waals surface area contributed by atoms with E-state index in [-0.39, 0.29) is 0 Å². The molecule has 0 N–H and O–H groups in total. The van der Waals surface area contributed by atoms with Crippen molar-refractivity contribution in [2.75, 3.05) is 0 Å². The first-order valence-electron chi connectivity index (χ1n) is 13.1. The highest BCUT2D eigenvalue weighted by Gasteiger charge is 2.63. The molecule has 0 aliphatic heterocycles. The standard InChI is InChI=1S/C28H48/c1-5-6-7-8-9-10-13-22-15-16-24-27(22,3)21-18-25-26(2)19-12-11-14-23(26)17-20-28(24,25)4/h11,14,22-25H,5-10,12-13,15-21H2,1-4H3/t22-,23+,24+,25+,26-,27+,28-/m0/s1. The van der Waals surface area contributed by atoms with Crippen LogP contribution in [0.2, 0.25) is 0 Å². The molecule has 0 heteroatoms.